The minimum absolute atomic E-state index is 0.0117. The van der Waals surface area contributed by atoms with Crippen molar-refractivity contribution in [1.29, 1.82) is 0 Å². The molecule has 1 atom stereocenters. The Labute approximate surface area is 182 Å². The zero-order chi connectivity index (χ0) is 21.7. The SMILES string of the molecule is CCc1ccc(CN(C)C(=O)CSc2nc3ccccc3c(=O)n2[C@H](C)CC)cc1. The number of aromatic nitrogens is 2. The highest BCUT2D eigenvalue weighted by Crippen LogP contribution is 2.23. The topological polar surface area (TPSA) is 55.2 Å². The fourth-order valence-electron chi connectivity index (χ4n) is 3.28. The van der Waals surface area contributed by atoms with Gasteiger partial charge < -0.3 is 4.90 Å². The Hall–Kier alpha value is -2.60. The van der Waals surface area contributed by atoms with Crippen LogP contribution < -0.4 is 5.56 Å². The van der Waals surface area contributed by atoms with Crippen LogP contribution in [0.3, 0.4) is 0 Å². The molecule has 3 rings (SSSR count). The van der Waals surface area contributed by atoms with Crippen LogP contribution >= 0.6 is 11.8 Å². The number of hydrogen-bond acceptors (Lipinski definition) is 4. The molecular weight excluding hydrogens is 394 g/mol. The van der Waals surface area contributed by atoms with Crippen molar-refractivity contribution in [3.05, 3.63) is 70.0 Å². The van der Waals surface area contributed by atoms with Crippen LogP contribution in [0.15, 0.2) is 58.5 Å². The summed E-state index contributed by atoms with van der Waals surface area (Å²) in [6, 6.07) is 15.7. The van der Waals surface area contributed by atoms with E-state index >= 15 is 0 Å². The molecule has 0 radical (unpaired) electrons. The molecule has 0 aliphatic rings. The van der Waals surface area contributed by atoms with Crippen molar-refractivity contribution in [2.45, 2.75) is 51.4 Å². The van der Waals surface area contributed by atoms with Gasteiger partial charge in [-0.2, -0.15) is 0 Å². The van der Waals surface area contributed by atoms with E-state index in [0.29, 0.717) is 22.6 Å². The maximum atomic E-state index is 13.0. The number of hydrogen-bond donors (Lipinski definition) is 0. The fourth-order valence-corrected chi connectivity index (χ4v) is 4.32. The van der Waals surface area contributed by atoms with Gasteiger partial charge in [0.25, 0.3) is 5.56 Å². The average Bonchev–Trinajstić information content (AvgIpc) is 2.77. The number of amides is 1. The Bertz CT molecular complexity index is 1080. The Kier molecular flexibility index (Phi) is 7.32. The van der Waals surface area contributed by atoms with Crippen molar-refractivity contribution >= 4 is 28.6 Å². The standard InChI is InChI=1S/C24H29N3O2S/c1-5-17(3)27-23(29)20-9-7-8-10-21(20)25-24(27)30-16-22(28)26(4)15-19-13-11-18(6-2)12-14-19/h7-14,17H,5-6,15-16H2,1-4H3/t17-/m1/s1. The van der Waals surface area contributed by atoms with Gasteiger partial charge in [-0.3, -0.25) is 14.2 Å². The summed E-state index contributed by atoms with van der Waals surface area (Å²) in [6.07, 6.45) is 1.82. The summed E-state index contributed by atoms with van der Waals surface area (Å²) >= 11 is 1.33. The number of para-hydroxylation sites is 1. The number of fused-ring (bicyclic) bond motifs is 1. The van der Waals surface area contributed by atoms with Crippen LogP contribution in [0.1, 0.15) is 44.4 Å². The van der Waals surface area contributed by atoms with Gasteiger partial charge >= 0.3 is 0 Å². The lowest BCUT2D eigenvalue weighted by Gasteiger charge is -2.20. The van der Waals surface area contributed by atoms with Gasteiger partial charge in [-0.1, -0.05) is 62.0 Å². The van der Waals surface area contributed by atoms with Crippen molar-refractivity contribution in [1.82, 2.24) is 14.5 Å². The Morgan fingerprint density at radius 1 is 1.10 bits per heavy atom. The summed E-state index contributed by atoms with van der Waals surface area (Å²) in [7, 11) is 1.81. The summed E-state index contributed by atoms with van der Waals surface area (Å²) in [5.74, 6) is 0.253. The molecule has 0 unspecified atom stereocenters. The number of nitrogens with zero attached hydrogens (tertiary/aromatic N) is 3. The summed E-state index contributed by atoms with van der Waals surface area (Å²) in [6.45, 7) is 6.74. The lowest BCUT2D eigenvalue weighted by molar-refractivity contribution is -0.127. The summed E-state index contributed by atoms with van der Waals surface area (Å²) in [5, 5.41) is 1.21. The van der Waals surface area contributed by atoms with E-state index in [1.165, 1.54) is 17.3 Å². The van der Waals surface area contributed by atoms with Gasteiger partial charge in [-0.15, -0.1) is 0 Å². The van der Waals surface area contributed by atoms with Crippen LogP contribution in [-0.4, -0.2) is 33.2 Å². The fraction of sp³-hybridized carbons (Fsp3) is 0.375. The third-order valence-corrected chi connectivity index (χ3v) is 6.35. The number of benzene rings is 2. The van der Waals surface area contributed by atoms with E-state index in [1.807, 2.05) is 39.1 Å². The first-order valence-electron chi connectivity index (χ1n) is 10.4. The van der Waals surface area contributed by atoms with Gasteiger partial charge in [-0.05, 0) is 43.0 Å². The Morgan fingerprint density at radius 2 is 1.77 bits per heavy atom. The molecule has 0 aliphatic heterocycles. The molecule has 1 aromatic heterocycles. The molecule has 158 valence electrons. The zero-order valence-corrected chi connectivity index (χ0v) is 18.9. The summed E-state index contributed by atoms with van der Waals surface area (Å²) < 4.78 is 1.73. The molecule has 1 amide bonds. The highest BCUT2D eigenvalue weighted by atomic mass is 32.2. The first kappa shape index (κ1) is 22.1. The van der Waals surface area contributed by atoms with Gasteiger partial charge in [0, 0.05) is 19.6 Å². The molecule has 0 N–H and O–H groups in total. The van der Waals surface area contributed by atoms with Crippen molar-refractivity contribution < 1.29 is 4.79 Å². The van der Waals surface area contributed by atoms with Gasteiger partial charge in [0.2, 0.25) is 5.91 Å². The van der Waals surface area contributed by atoms with E-state index in [1.54, 1.807) is 15.5 Å². The number of carbonyl (C=O) groups is 1. The highest BCUT2D eigenvalue weighted by Gasteiger charge is 2.18. The van der Waals surface area contributed by atoms with E-state index in [4.69, 9.17) is 4.98 Å². The largest absolute Gasteiger partial charge is 0.341 e. The molecule has 3 aromatic rings. The lowest BCUT2D eigenvalue weighted by atomic mass is 10.1. The van der Waals surface area contributed by atoms with Crippen LogP contribution in [0.2, 0.25) is 0 Å². The minimum atomic E-state index is -0.0470. The number of thioether (sulfide) groups is 1. The maximum absolute atomic E-state index is 13.0. The number of rotatable bonds is 8. The smallest absolute Gasteiger partial charge is 0.262 e. The molecular formula is C24H29N3O2S. The van der Waals surface area contributed by atoms with Gasteiger partial charge in [-0.25, -0.2) is 4.98 Å². The van der Waals surface area contributed by atoms with Gasteiger partial charge in [0.05, 0.1) is 16.7 Å². The minimum Gasteiger partial charge on any atom is -0.341 e. The molecule has 1 heterocycles. The van der Waals surface area contributed by atoms with Crippen LogP contribution in [0.4, 0.5) is 0 Å². The van der Waals surface area contributed by atoms with E-state index in [9.17, 15) is 9.59 Å². The normalized spacial score (nSPS) is 12.1. The monoisotopic (exact) mass is 423 g/mol. The maximum Gasteiger partial charge on any atom is 0.262 e. The molecule has 0 saturated heterocycles. The quantitative estimate of drug-likeness (QED) is 0.390. The van der Waals surface area contributed by atoms with E-state index in [-0.39, 0.29) is 23.3 Å². The third-order valence-electron chi connectivity index (χ3n) is 5.41. The van der Waals surface area contributed by atoms with Gasteiger partial charge in [0.15, 0.2) is 5.16 Å². The summed E-state index contributed by atoms with van der Waals surface area (Å²) in [5.41, 5.74) is 3.01. The van der Waals surface area contributed by atoms with Crippen LogP contribution in [0.25, 0.3) is 10.9 Å². The van der Waals surface area contributed by atoms with E-state index in [2.05, 4.69) is 31.2 Å². The van der Waals surface area contributed by atoms with Crippen molar-refractivity contribution in [2.75, 3.05) is 12.8 Å². The molecule has 0 spiro atoms. The first-order valence-corrected chi connectivity index (χ1v) is 11.4. The molecule has 0 aliphatic carbocycles. The van der Waals surface area contributed by atoms with Crippen LogP contribution in [-0.2, 0) is 17.8 Å². The second-order valence-corrected chi connectivity index (χ2v) is 8.49. The third kappa shape index (κ3) is 4.93. The van der Waals surface area contributed by atoms with Crippen LogP contribution in [0.5, 0.6) is 0 Å². The second-order valence-electron chi connectivity index (χ2n) is 7.55. The molecule has 5 nitrogen and oxygen atoms in total. The highest BCUT2D eigenvalue weighted by molar-refractivity contribution is 7.99. The number of carbonyl (C=O) groups excluding carboxylic acids is 1. The van der Waals surface area contributed by atoms with Crippen molar-refractivity contribution in [3.8, 4) is 0 Å². The van der Waals surface area contributed by atoms with Crippen LogP contribution in [0, 0.1) is 0 Å². The average molecular weight is 424 g/mol. The lowest BCUT2D eigenvalue weighted by Crippen LogP contribution is -2.29. The zero-order valence-electron chi connectivity index (χ0n) is 18.1. The van der Waals surface area contributed by atoms with Crippen molar-refractivity contribution in [3.63, 3.8) is 0 Å². The molecule has 2 aromatic carbocycles. The van der Waals surface area contributed by atoms with E-state index in [0.717, 1.165) is 18.4 Å². The van der Waals surface area contributed by atoms with Gasteiger partial charge in [0.1, 0.15) is 0 Å². The Balaban J connectivity index is 1.76. The van der Waals surface area contributed by atoms with Crippen molar-refractivity contribution in [2.24, 2.45) is 0 Å². The number of aryl methyl sites for hydroxylation is 1. The molecule has 0 fully saturated rings. The summed E-state index contributed by atoms with van der Waals surface area (Å²) in [4.78, 5) is 32.2. The molecule has 6 heteroatoms. The second kappa shape index (κ2) is 9.94. The predicted octanol–water partition coefficient (Wildman–Crippen LogP) is 4.68. The first-order chi connectivity index (χ1) is 14.4. The molecule has 0 bridgehead atoms. The predicted molar refractivity (Wildman–Crippen MR) is 124 cm³/mol. The van der Waals surface area contributed by atoms with E-state index < -0.39 is 0 Å². The molecule has 30 heavy (non-hydrogen) atoms. The molecule has 0 saturated carbocycles. The Morgan fingerprint density at radius 3 is 2.43 bits per heavy atom.